The molecule has 0 saturated carbocycles. The van der Waals surface area contributed by atoms with Gasteiger partial charge in [-0.15, -0.1) is 0 Å². The van der Waals surface area contributed by atoms with Crippen LogP contribution < -0.4 is 4.74 Å². The average molecular weight is 214 g/mol. The summed E-state index contributed by atoms with van der Waals surface area (Å²) < 4.78 is 5.40. The standard InChI is InChI=1S/C13H14N2O/c1-2-10-16-13-14-9-8-12(15-13)11-6-4-3-5-7-11/h3-9H,2,10H2,1H3. The second-order valence-corrected chi connectivity index (χ2v) is 3.44. The smallest absolute Gasteiger partial charge is 0.316 e. The fraction of sp³-hybridized carbons (Fsp3) is 0.231. The number of hydrogen-bond donors (Lipinski definition) is 0. The Hall–Kier alpha value is -1.90. The molecule has 0 aliphatic carbocycles. The van der Waals surface area contributed by atoms with Crippen LogP contribution >= 0.6 is 0 Å². The third kappa shape index (κ3) is 2.57. The van der Waals surface area contributed by atoms with Crippen LogP contribution in [0.15, 0.2) is 42.6 Å². The van der Waals surface area contributed by atoms with E-state index in [2.05, 4.69) is 16.9 Å². The van der Waals surface area contributed by atoms with Crippen molar-refractivity contribution in [1.82, 2.24) is 9.97 Å². The van der Waals surface area contributed by atoms with Crippen LogP contribution in [0.5, 0.6) is 6.01 Å². The number of aromatic nitrogens is 2. The Bertz CT molecular complexity index is 443. The Morgan fingerprint density at radius 1 is 1.12 bits per heavy atom. The van der Waals surface area contributed by atoms with E-state index in [1.54, 1.807) is 6.20 Å². The van der Waals surface area contributed by atoms with Crippen molar-refractivity contribution in [3.63, 3.8) is 0 Å². The molecule has 0 unspecified atom stereocenters. The first-order valence-electron chi connectivity index (χ1n) is 5.41. The zero-order chi connectivity index (χ0) is 11.2. The summed E-state index contributed by atoms with van der Waals surface area (Å²) in [5.41, 5.74) is 1.97. The number of rotatable bonds is 4. The lowest BCUT2D eigenvalue weighted by Gasteiger charge is -2.04. The molecule has 0 bridgehead atoms. The maximum atomic E-state index is 5.40. The fourth-order valence-electron chi connectivity index (χ4n) is 1.37. The highest BCUT2D eigenvalue weighted by Gasteiger charge is 2.01. The zero-order valence-corrected chi connectivity index (χ0v) is 9.26. The largest absolute Gasteiger partial charge is 0.463 e. The van der Waals surface area contributed by atoms with E-state index in [1.165, 1.54) is 0 Å². The Kier molecular flexibility index (Phi) is 3.49. The normalized spacial score (nSPS) is 10.1. The molecule has 16 heavy (non-hydrogen) atoms. The molecule has 1 aromatic heterocycles. The maximum absolute atomic E-state index is 5.40. The molecule has 0 fully saturated rings. The van der Waals surface area contributed by atoms with E-state index >= 15 is 0 Å². The van der Waals surface area contributed by atoms with E-state index < -0.39 is 0 Å². The van der Waals surface area contributed by atoms with Gasteiger partial charge in [-0.1, -0.05) is 37.3 Å². The van der Waals surface area contributed by atoms with Gasteiger partial charge in [-0.25, -0.2) is 4.98 Å². The molecule has 0 N–H and O–H groups in total. The Balaban J connectivity index is 2.22. The van der Waals surface area contributed by atoms with Crippen molar-refractivity contribution in [3.8, 4) is 17.3 Å². The highest BCUT2D eigenvalue weighted by Crippen LogP contribution is 2.17. The first kappa shape index (κ1) is 10.6. The molecular formula is C13H14N2O. The number of nitrogens with zero attached hydrogens (tertiary/aromatic N) is 2. The maximum Gasteiger partial charge on any atom is 0.316 e. The van der Waals surface area contributed by atoms with Crippen molar-refractivity contribution in [3.05, 3.63) is 42.6 Å². The van der Waals surface area contributed by atoms with Crippen LogP contribution in [0.2, 0.25) is 0 Å². The molecular weight excluding hydrogens is 200 g/mol. The summed E-state index contributed by atoms with van der Waals surface area (Å²) >= 11 is 0. The van der Waals surface area contributed by atoms with Crippen molar-refractivity contribution in [2.24, 2.45) is 0 Å². The molecule has 82 valence electrons. The summed E-state index contributed by atoms with van der Waals surface area (Å²) in [5.74, 6) is 0. The first-order valence-corrected chi connectivity index (χ1v) is 5.41. The molecule has 0 spiro atoms. The van der Waals surface area contributed by atoms with Gasteiger partial charge in [-0.05, 0) is 12.5 Å². The second-order valence-electron chi connectivity index (χ2n) is 3.44. The second kappa shape index (κ2) is 5.26. The van der Waals surface area contributed by atoms with Gasteiger partial charge in [0.25, 0.3) is 0 Å². The Morgan fingerprint density at radius 2 is 1.94 bits per heavy atom. The number of ether oxygens (including phenoxy) is 1. The molecule has 1 aromatic carbocycles. The minimum absolute atomic E-state index is 0.447. The van der Waals surface area contributed by atoms with Gasteiger partial charge < -0.3 is 4.74 Å². The van der Waals surface area contributed by atoms with Crippen LogP contribution in [0.4, 0.5) is 0 Å². The minimum Gasteiger partial charge on any atom is -0.463 e. The quantitative estimate of drug-likeness (QED) is 0.784. The molecule has 0 atom stereocenters. The molecule has 3 heteroatoms. The average Bonchev–Trinajstić information content (AvgIpc) is 2.38. The van der Waals surface area contributed by atoms with Gasteiger partial charge in [0.05, 0.1) is 12.3 Å². The number of benzene rings is 1. The van der Waals surface area contributed by atoms with E-state index in [0.29, 0.717) is 12.6 Å². The SMILES string of the molecule is CCCOc1nccc(-c2ccccc2)n1. The summed E-state index contributed by atoms with van der Waals surface area (Å²) in [4.78, 5) is 8.42. The van der Waals surface area contributed by atoms with E-state index in [4.69, 9.17) is 4.74 Å². The van der Waals surface area contributed by atoms with Crippen molar-refractivity contribution in [2.45, 2.75) is 13.3 Å². The predicted octanol–water partition coefficient (Wildman–Crippen LogP) is 2.93. The van der Waals surface area contributed by atoms with Crippen LogP contribution in [0.1, 0.15) is 13.3 Å². The topological polar surface area (TPSA) is 35.0 Å². The lowest BCUT2D eigenvalue weighted by Crippen LogP contribution is -2.00. The first-order chi connectivity index (χ1) is 7.90. The van der Waals surface area contributed by atoms with Gasteiger partial charge in [-0.2, -0.15) is 4.98 Å². The predicted molar refractivity (Wildman–Crippen MR) is 63.3 cm³/mol. The van der Waals surface area contributed by atoms with E-state index in [0.717, 1.165) is 17.7 Å². The van der Waals surface area contributed by atoms with Crippen molar-refractivity contribution in [2.75, 3.05) is 6.61 Å². The molecule has 3 nitrogen and oxygen atoms in total. The number of hydrogen-bond acceptors (Lipinski definition) is 3. The molecule has 0 radical (unpaired) electrons. The highest BCUT2D eigenvalue weighted by atomic mass is 16.5. The van der Waals surface area contributed by atoms with Gasteiger partial charge in [0, 0.05) is 11.8 Å². The summed E-state index contributed by atoms with van der Waals surface area (Å²) in [6.45, 7) is 2.71. The summed E-state index contributed by atoms with van der Waals surface area (Å²) in [7, 11) is 0. The van der Waals surface area contributed by atoms with Gasteiger partial charge in [0.1, 0.15) is 0 Å². The summed E-state index contributed by atoms with van der Waals surface area (Å²) in [5, 5.41) is 0. The van der Waals surface area contributed by atoms with Crippen LogP contribution in [-0.2, 0) is 0 Å². The van der Waals surface area contributed by atoms with E-state index in [9.17, 15) is 0 Å². The Labute approximate surface area is 95.1 Å². The van der Waals surface area contributed by atoms with Crippen LogP contribution in [-0.4, -0.2) is 16.6 Å². The van der Waals surface area contributed by atoms with Crippen molar-refractivity contribution in [1.29, 1.82) is 0 Å². The third-order valence-electron chi connectivity index (χ3n) is 2.14. The molecule has 0 saturated heterocycles. The monoisotopic (exact) mass is 214 g/mol. The zero-order valence-electron chi connectivity index (χ0n) is 9.26. The van der Waals surface area contributed by atoms with Gasteiger partial charge >= 0.3 is 6.01 Å². The molecule has 2 rings (SSSR count). The summed E-state index contributed by atoms with van der Waals surface area (Å²) in [6.07, 6.45) is 2.68. The summed E-state index contributed by atoms with van der Waals surface area (Å²) in [6, 6.07) is 12.3. The van der Waals surface area contributed by atoms with Gasteiger partial charge in [0.15, 0.2) is 0 Å². The third-order valence-corrected chi connectivity index (χ3v) is 2.14. The molecule has 0 amide bonds. The minimum atomic E-state index is 0.447. The van der Waals surface area contributed by atoms with Crippen LogP contribution in [0.3, 0.4) is 0 Å². The van der Waals surface area contributed by atoms with Crippen molar-refractivity contribution < 1.29 is 4.74 Å². The Morgan fingerprint density at radius 3 is 2.69 bits per heavy atom. The molecule has 0 aliphatic rings. The van der Waals surface area contributed by atoms with Crippen molar-refractivity contribution >= 4 is 0 Å². The van der Waals surface area contributed by atoms with Gasteiger partial charge in [0.2, 0.25) is 0 Å². The highest BCUT2D eigenvalue weighted by molar-refractivity contribution is 5.58. The molecule has 0 aliphatic heterocycles. The van der Waals surface area contributed by atoms with Crippen LogP contribution in [0, 0.1) is 0 Å². The lowest BCUT2D eigenvalue weighted by atomic mass is 10.1. The van der Waals surface area contributed by atoms with Gasteiger partial charge in [-0.3, -0.25) is 0 Å². The van der Waals surface area contributed by atoms with E-state index in [1.807, 2.05) is 36.4 Å². The lowest BCUT2D eigenvalue weighted by molar-refractivity contribution is 0.292. The van der Waals surface area contributed by atoms with Crippen LogP contribution in [0.25, 0.3) is 11.3 Å². The fourth-order valence-corrected chi connectivity index (χ4v) is 1.37. The molecule has 1 heterocycles. The van der Waals surface area contributed by atoms with E-state index in [-0.39, 0.29) is 0 Å². The molecule has 2 aromatic rings.